The van der Waals surface area contributed by atoms with Gasteiger partial charge in [-0.1, -0.05) is 0 Å². The van der Waals surface area contributed by atoms with Crippen LogP contribution in [0.1, 0.15) is 26.7 Å². The molecule has 0 saturated carbocycles. The van der Waals surface area contributed by atoms with Gasteiger partial charge in [0, 0.05) is 6.54 Å². The van der Waals surface area contributed by atoms with Crippen molar-refractivity contribution in [1.29, 1.82) is 0 Å². The van der Waals surface area contributed by atoms with E-state index < -0.39 is 17.5 Å². The summed E-state index contributed by atoms with van der Waals surface area (Å²) in [5.74, 6) is -1.06. The highest BCUT2D eigenvalue weighted by molar-refractivity contribution is 5.85. The lowest BCUT2D eigenvalue weighted by atomic mass is 10.1. The molecule has 0 aromatic carbocycles. The Balaban J connectivity index is 3.70. The molecule has 17 heavy (non-hydrogen) atoms. The molecular formula is C11H23N3O3. The van der Waals surface area contributed by atoms with Gasteiger partial charge in [0.1, 0.15) is 5.54 Å². The minimum absolute atomic E-state index is 0.442. The van der Waals surface area contributed by atoms with Gasteiger partial charge in [0.05, 0.1) is 0 Å². The molecule has 0 rings (SSSR count). The van der Waals surface area contributed by atoms with Gasteiger partial charge in [-0.3, -0.25) is 0 Å². The average molecular weight is 245 g/mol. The Morgan fingerprint density at radius 3 is 2.29 bits per heavy atom. The van der Waals surface area contributed by atoms with Crippen LogP contribution in [-0.4, -0.2) is 54.7 Å². The number of carboxylic acid groups (broad SMARTS) is 1. The number of nitrogens with one attached hydrogen (secondary N) is 2. The lowest BCUT2D eigenvalue weighted by molar-refractivity contribution is -0.142. The predicted molar refractivity (Wildman–Crippen MR) is 66.0 cm³/mol. The van der Waals surface area contributed by atoms with Crippen molar-refractivity contribution in [2.45, 2.75) is 32.2 Å². The summed E-state index contributed by atoms with van der Waals surface area (Å²) in [6, 6.07) is -0.442. The van der Waals surface area contributed by atoms with Crippen LogP contribution in [0.4, 0.5) is 4.79 Å². The molecule has 0 heterocycles. The number of carbonyl (C=O) groups is 2. The Bertz CT molecular complexity index is 265. The van der Waals surface area contributed by atoms with Crippen LogP contribution in [0, 0.1) is 0 Å². The van der Waals surface area contributed by atoms with Crippen molar-refractivity contribution < 1.29 is 14.7 Å². The van der Waals surface area contributed by atoms with Crippen molar-refractivity contribution in [3.8, 4) is 0 Å². The van der Waals surface area contributed by atoms with Crippen molar-refractivity contribution in [3.05, 3.63) is 0 Å². The minimum Gasteiger partial charge on any atom is -0.480 e. The number of carbonyl (C=O) groups excluding carboxylic acids is 1. The van der Waals surface area contributed by atoms with Crippen LogP contribution >= 0.6 is 0 Å². The normalized spacial score (nSPS) is 11.4. The first kappa shape index (κ1) is 15.7. The number of rotatable bonds is 7. The highest BCUT2D eigenvalue weighted by atomic mass is 16.4. The SMILES string of the molecule is CN(C)CCCCNC(=O)NC(C)(C)C(=O)O. The Morgan fingerprint density at radius 2 is 1.82 bits per heavy atom. The third-order valence-electron chi connectivity index (χ3n) is 2.28. The number of amides is 2. The highest BCUT2D eigenvalue weighted by Gasteiger charge is 2.28. The van der Waals surface area contributed by atoms with Gasteiger partial charge in [0.15, 0.2) is 0 Å². The first-order chi connectivity index (χ1) is 7.75. The topological polar surface area (TPSA) is 81.7 Å². The van der Waals surface area contributed by atoms with E-state index in [1.165, 1.54) is 13.8 Å². The number of carboxylic acids is 1. The molecule has 0 spiro atoms. The van der Waals surface area contributed by atoms with Crippen molar-refractivity contribution in [2.75, 3.05) is 27.2 Å². The summed E-state index contributed by atoms with van der Waals surface area (Å²) in [6.07, 6.45) is 1.87. The lowest BCUT2D eigenvalue weighted by Crippen LogP contribution is -2.53. The average Bonchev–Trinajstić information content (AvgIpc) is 2.15. The fraction of sp³-hybridized carbons (Fsp3) is 0.818. The molecule has 0 unspecified atom stereocenters. The van der Waals surface area contributed by atoms with Crippen LogP contribution in [0.15, 0.2) is 0 Å². The molecule has 0 bridgehead atoms. The largest absolute Gasteiger partial charge is 0.480 e. The van der Waals surface area contributed by atoms with Crippen LogP contribution in [0.25, 0.3) is 0 Å². The van der Waals surface area contributed by atoms with Crippen molar-refractivity contribution in [3.63, 3.8) is 0 Å². The van der Waals surface area contributed by atoms with Crippen LogP contribution in [0.3, 0.4) is 0 Å². The van der Waals surface area contributed by atoms with Gasteiger partial charge in [-0.2, -0.15) is 0 Å². The number of hydrogen-bond donors (Lipinski definition) is 3. The Hall–Kier alpha value is -1.30. The molecule has 0 saturated heterocycles. The van der Waals surface area contributed by atoms with Crippen molar-refractivity contribution in [1.82, 2.24) is 15.5 Å². The maximum atomic E-state index is 11.4. The summed E-state index contributed by atoms with van der Waals surface area (Å²) < 4.78 is 0. The third kappa shape index (κ3) is 7.57. The summed E-state index contributed by atoms with van der Waals surface area (Å²) in [4.78, 5) is 24.2. The first-order valence-corrected chi connectivity index (χ1v) is 5.70. The highest BCUT2D eigenvalue weighted by Crippen LogP contribution is 2.00. The third-order valence-corrected chi connectivity index (χ3v) is 2.28. The second kappa shape index (κ2) is 7.11. The summed E-state index contributed by atoms with van der Waals surface area (Å²) in [5, 5.41) is 13.8. The maximum Gasteiger partial charge on any atom is 0.328 e. The van der Waals surface area contributed by atoms with Crippen molar-refractivity contribution >= 4 is 12.0 Å². The van der Waals surface area contributed by atoms with Crippen molar-refractivity contribution in [2.24, 2.45) is 0 Å². The number of urea groups is 1. The second-order valence-corrected chi connectivity index (χ2v) is 4.82. The summed E-state index contributed by atoms with van der Waals surface area (Å²) >= 11 is 0. The van der Waals surface area contributed by atoms with Gasteiger partial charge in [-0.25, -0.2) is 9.59 Å². The molecule has 0 aromatic rings. The van der Waals surface area contributed by atoms with E-state index in [0.717, 1.165) is 19.4 Å². The first-order valence-electron chi connectivity index (χ1n) is 5.70. The van der Waals surface area contributed by atoms with Gasteiger partial charge in [-0.15, -0.1) is 0 Å². The molecule has 3 N–H and O–H groups in total. The quantitative estimate of drug-likeness (QED) is 0.570. The van der Waals surface area contributed by atoms with Gasteiger partial charge in [0.25, 0.3) is 0 Å². The molecule has 2 amide bonds. The van der Waals surface area contributed by atoms with E-state index in [2.05, 4.69) is 15.5 Å². The molecule has 100 valence electrons. The zero-order chi connectivity index (χ0) is 13.5. The number of aliphatic carboxylic acids is 1. The molecule has 6 nitrogen and oxygen atoms in total. The standard InChI is InChI=1S/C11H23N3O3/c1-11(2,9(15)16)13-10(17)12-7-5-6-8-14(3)4/h5-8H2,1-4H3,(H,15,16)(H2,12,13,17). The zero-order valence-corrected chi connectivity index (χ0v) is 11.0. The molecule has 0 aliphatic carbocycles. The molecule has 0 aliphatic rings. The van der Waals surface area contributed by atoms with Gasteiger partial charge >= 0.3 is 12.0 Å². The number of hydrogen-bond acceptors (Lipinski definition) is 3. The van der Waals surface area contributed by atoms with Gasteiger partial charge < -0.3 is 20.6 Å². The van der Waals surface area contributed by atoms with E-state index >= 15 is 0 Å². The zero-order valence-electron chi connectivity index (χ0n) is 11.0. The molecule has 0 radical (unpaired) electrons. The van der Waals surface area contributed by atoms with Gasteiger partial charge in [-0.05, 0) is 47.3 Å². The van der Waals surface area contributed by atoms with Crippen LogP contribution < -0.4 is 10.6 Å². The van der Waals surface area contributed by atoms with Crippen LogP contribution in [0.5, 0.6) is 0 Å². The van der Waals surface area contributed by atoms with Crippen LogP contribution in [-0.2, 0) is 4.79 Å². The summed E-state index contributed by atoms with van der Waals surface area (Å²) in [6.45, 7) is 4.42. The number of nitrogens with zero attached hydrogens (tertiary/aromatic N) is 1. The molecule has 6 heteroatoms. The summed E-state index contributed by atoms with van der Waals surface area (Å²) in [5.41, 5.74) is -1.24. The minimum atomic E-state index is -1.24. The Morgan fingerprint density at radius 1 is 1.24 bits per heavy atom. The van der Waals surface area contributed by atoms with Crippen LogP contribution in [0.2, 0.25) is 0 Å². The smallest absolute Gasteiger partial charge is 0.328 e. The lowest BCUT2D eigenvalue weighted by Gasteiger charge is -2.21. The van der Waals surface area contributed by atoms with E-state index in [4.69, 9.17) is 5.11 Å². The predicted octanol–water partition coefficient (Wildman–Crippen LogP) is 0.491. The van der Waals surface area contributed by atoms with E-state index in [1.54, 1.807) is 0 Å². The van der Waals surface area contributed by atoms with Gasteiger partial charge in [0.2, 0.25) is 0 Å². The van der Waals surface area contributed by atoms with E-state index in [9.17, 15) is 9.59 Å². The maximum absolute atomic E-state index is 11.4. The summed E-state index contributed by atoms with van der Waals surface area (Å²) in [7, 11) is 3.99. The Labute approximate surface area is 102 Å². The second-order valence-electron chi connectivity index (χ2n) is 4.82. The molecule has 0 aromatic heterocycles. The fourth-order valence-electron chi connectivity index (χ4n) is 1.14. The monoisotopic (exact) mass is 245 g/mol. The number of unbranched alkanes of at least 4 members (excludes halogenated alkanes) is 1. The molecular weight excluding hydrogens is 222 g/mol. The molecule has 0 fully saturated rings. The van der Waals surface area contributed by atoms with E-state index in [-0.39, 0.29) is 0 Å². The Kier molecular flexibility index (Phi) is 6.57. The van der Waals surface area contributed by atoms with E-state index in [1.807, 2.05) is 14.1 Å². The molecule has 0 aliphatic heterocycles. The van der Waals surface area contributed by atoms with E-state index in [0.29, 0.717) is 6.54 Å². The fourth-order valence-corrected chi connectivity index (χ4v) is 1.14. The molecule has 0 atom stereocenters.